The first kappa shape index (κ1) is 20.0. The summed E-state index contributed by atoms with van der Waals surface area (Å²) in [6.07, 6.45) is 1.73. The summed E-state index contributed by atoms with van der Waals surface area (Å²) in [4.78, 5) is 2.19. The Morgan fingerprint density at radius 3 is 2.61 bits per heavy atom. The van der Waals surface area contributed by atoms with E-state index in [1.165, 1.54) is 17.3 Å². The monoisotopic (exact) mass is 407 g/mol. The minimum atomic E-state index is 0.443. The molecule has 0 radical (unpaired) electrons. The number of amidine groups is 1. The number of nitrogens with zero attached hydrogens (tertiary/aromatic N) is 2. The molecule has 0 aromatic heterocycles. The largest absolute Gasteiger partial charge is 0.497 e. The number of thioether (sulfide) groups is 1. The fourth-order valence-electron chi connectivity index (χ4n) is 2.38. The van der Waals surface area contributed by atoms with Crippen LogP contribution in [0.15, 0.2) is 98.9 Å². The Labute approximate surface area is 173 Å². The lowest BCUT2D eigenvalue weighted by Crippen LogP contribution is -2.06. The third-order valence-electron chi connectivity index (χ3n) is 3.77. The fraction of sp³-hybridized carbons (Fsp3) is 0.0909. The molecule has 3 aromatic rings. The molecular weight excluding hydrogens is 386 g/mol. The minimum Gasteiger partial charge on any atom is -0.497 e. The molecule has 0 heterocycles. The van der Waals surface area contributed by atoms with Crippen molar-refractivity contribution in [2.75, 3.05) is 7.11 Å². The van der Waals surface area contributed by atoms with Crippen LogP contribution in [0.5, 0.6) is 5.75 Å². The highest BCUT2D eigenvalue weighted by molar-refractivity contribution is 8.13. The van der Waals surface area contributed by atoms with Gasteiger partial charge < -0.3 is 10.5 Å². The van der Waals surface area contributed by atoms with Gasteiger partial charge in [0.05, 0.1) is 13.3 Å². The molecule has 0 saturated heterocycles. The van der Waals surface area contributed by atoms with Crippen LogP contribution in [-0.4, -0.2) is 18.5 Å². The summed E-state index contributed by atoms with van der Waals surface area (Å²) in [5, 5.41) is 8.72. The lowest BCUT2D eigenvalue weighted by atomic mass is 10.2. The Hall–Kier alpha value is -2.70. The molecular formula is C22H21N3OS2. The second-order valence-corrected chi connectivity index (χ2v) is 7.89. The molecule has 0 aliphatic rings. The minimum absolute atomic E-state index is 0.443. The van der Waals surface area contributed by atoms with E-state index in [1.807, 2.05) is 54.6 Å². The summed E-state index contributed by atoms with van der Waals surface area (Å²) in [6, 6.07) is 26.2. The van der Waals surface area contributed by atoms with E-state index in [1.54, 1.807) is 25.1 Å². The SMILES string of the molecule is COc1cccc(Sc2ccccc2C=NN=C(N)SCc2ccccc2)c1. The molecule has 28 heavy (non-hydrogen) atoms. The van der Waals surface area contributed by atoms with Gasteiger partial charge in [-0.25, -0.2) is 0 Å². The van der Waals surface area contributed by atoms with Gasteiger partial charge in [0.2, 0.25) is 0 Å². The molecule has 0 fully saturated rings. The number of hydrogen-bond acceptors (Lipinski definition) is 5. The van der Waals surface area contributed by atoms with Crippen LogP contribution in [-0.2, 0) is 5.75 Å². The zero-order valence-electron chi connectivity index (χ0n) is 15.5. The van der Waals surface area contributed by atoms with Crippen LogP contribution in [0.25, 0.3) is 0 Å². The highest BCUT2D eigenvalue weighted by Crippen LogP contribution is 2.31. The Balaban J connectivity index is 1.65. The maximum Gasteiger partial charge on any atom is 0.180 e. The van der Waals surface area contributed by atoms with Crippen molar-refractivity contribution in [1.29, 1.82) is 0 Å². The summed E-state index contributed by atoms with van der Waals surface area (Å²) >= 11 is 3.12. The average Bonchev–Trinajstić information content (AvgIpc) is 2.74. The predicted octanol–water partition coefficient (Wildman–Crippen LogP) is 5.43. The molecule has 4 nitrogen and oxygen atoms in total. The molecule has 0 saturated carbocycles. The maximum absolute atomic E-state index is 5.96. The third kappa shape index (κ3) is 6.18. The number of benzene rings is 3. The van der Waals surface area contributed by atoms with Crippen molar-refractivity contribution in [3.63, 3.8) is 0 Å². The Morgan fingerprint density at radius 2 is 1.79 bits per heavy atom. The first-order chi connectivity index (χ1) is 13.7. The van der Waals surface area contributed by atoms with Gasteiger partial charge in [-0.3, -0.25) is 0 Å². The van der Waals surface area contributed by atoms with E-state index < -0.39 is 0 Å². The quantitative estimate of drug-likeness (QED) is 0.322. The van der Waals surface area contributed by atoms with Gasteiger partial charge in [0.25, 0.3) is 0 Å². The van der Waals surface area contributed by atoms with E-state index in [2.05, 4.69) is 34.5 Å². The Kier molecular flexibility index (Phi) is 7.58. The molecule has 0 aliphatic carbocycles. The van der Waals surface area contributed by atoms with Crippen LogP contribution in [0.2, 0.25) is 0 Å². The van der Waals surface area contributed by atoms with E-state index in [4.69, 9.17) is 10.5 Å². The van der Waals surface area contributed by atoms with Crippen LogP contribution in [0, 0.1) is 0 Å². The first-order valence-electron chi connectivity index (χ1n) is 8.69. The van der Waals surface area contributed by atoms with E-state index in [0.717, 1.165) is 26.9 Å². The fourth-order valence-corrected chi connectivity index (χ4v) is 3.95. The van der Waals surface area contributed by atoms with Crippen LogP contribution in [0.4, 0.5) is 0 Å². The van der Waals surface area contributed by atoms with Crippen molar-refractivity contribution in [2.45, 2.75) is 15.5 Å². The van der Waals surface area contributed by atoms with Crippen molar-refractivity contribution in [3.05, 3.63) is 90.0 Å². The number of hydrogen-bond donors (Lipinski definition) is 1. The van der Waals surface area contributed by atoms with Crippen LogP contribution in [0.3, 0.4) is 0 Å². The standard InChI is InChI=1S/C22H21N3OS2/c1-26-19-11-7-12-20(14-19)28-21-13-6-5-10-18(21)15-24-25-22(23)27-16-17-8-3-2-4-9-17/h2-15H,16H2,1H3,(H2,23,25). The molecule has 0 atom stereocenters. The van der Waals surface area contributed by atoms with Crippen LogP contribution in [0.1, 0.15) is 11.1 Å². The molecule has 2 N–H and O–H groups in total. The second-order valence-electron chi connectivity index (χ2n) is 5.78. The molecule has 142 valence electrons. The lowest BCUT2D eigenvalue weighted by Gasteiger charge is -2.06. The normalized spacial score (nSPS) is 11.7. The first-order valence-corrected chi connectivity index (χ1v) is 10.5. The molecule has 0 bridgehead atoms. The second kappa shape index (κ2) is 10.6. The number of rotatable bonds is 7. The van der Waals surface area contributed by atoms with Gasteiger partial charge in [-0.1, -0.05) is 78.1 Å². The van der Waals surface area contributed by atoms with Crippen LogP contribution < -0.4 is 10.5 Å². The highest BCUT2D eigenvalue weighted by Gasteiger charge is 2.03. The molecule has 0 amide bonds. The lowest BCUT2D eigenvalue weighted by molar-refractivity contribution is 0.413. The number of methoxy groups -OCH3 is 1. The van der Waals surface area contributed by atoms with Crippen molar-refractivity contribution in [3.8, 4) is 5.75 Å². The zero-order chi connectivity index (χ0) is 19.6. The van der Waals surface area contributed by atoms with Crippen molar-refractivity contribution in [1.82, 2.24) is 0 Å². The van der Waals surface area contributed by atoms with Crippen molar-refractivity contribution in [2.24, 2.45) is 15.9 Å². The van der Waals surface area contributed by atoms with Gasteiger partial charge in [0.15, 0.2) is 5.17 Å². The molecule has 3 aromatic carbocycles. The summed E-state index contributed by atoms with van der Waals surface area (Å²) < 4.78 is 5.30. The summed E-state index contributed by atoms with van der Waals surface area (Å²) in [5.74, 6) is 1.61. The highest BCUT2D eigenvalue weighted by atomic mass is 32.2. The Morgan fingerprint density at radius 1 is 1.00 bits per heavy atom. The molecule has 0 aliphatic heterocycles. The average molecular weight is 408 g/mol. The number of nitrogens with two attached hydrogens (primary N) is 1. The maximum atomic E-state index is 5.96. The molecule has 3 rings (SSSR count). The Bertz CT molecular complexity index is 959. The van der Waals surface area contributed by atoms with Gasteiger partial charge in [-0.05, 0) is 29.8 Å². The zero-order valence-corrected chi connectivity index (χ0v) is 17.1. The van der Waals surface area contributed by atoms with Gasteiger partial charge in [0.1, 0.15) is 5.75 Å². The van der Waals surface area contributed by atoms with E-state index >= 15 is 0 Å². The van der Waals surface area contributed by atoms with Gasteiger partial charge in [0, 0.05) is 21.1 Å². The summed E-state index contributed by atoms with van der Waals surface area (Å²) in [6.45, 7) is 0. The van der Waals surface area contributed by atoms with Gasteiger partial charge >= 0.3 is 0 Å². The van der Waals surface area contributed by atoms with E-state index in [9.17, 15) is 0 Å². The summed E-state index contributed by atoms with van der Waals surface area (Å²) in [7, 11) is 1.67. The van der Waals surface area contributed by atoms with Crippen LogP contribution >= 0.6 is 23.5 Å². The summed E-state index contributed by atoms with van der Waals surface area (Å²) in [5.41, 5.74) is 8.15. The van der Waals surface area contributed by atoms with Crippen molar-refractivity contribution >= 4 is 34.9 Å². The predicted molar refractivity (Wildman–Crippen MR) is 121 cm³/mol. The van der Waals surface area contributed by atoms with E-state index in [-0.39, 0.29) is 0 Å². The molecule has 6 heteroatoms. The topological polar surface area (TPSA) is 60.0 Å². The third-order valence-corrected chi connectivity index (χ3v) is 5.71. The molecule has 0 spiro atoms. The number of ether oxygens (including phenoxy) is 1. The van der Waals surface area contributed by atoms with E-state index in [0.29, 0.717) is 5.17 Å². The van der Waals surface area contributed by atoms with Gasteiger partial charge in [-0.15, -0.1) is 5.10 Å². The van der Waals surface area contributed by atoms with Gasteiger partial charge in [-0.2, -0.15) is 5.10 Å². The smallest absolute Gasteiger partial charge is 0.180 e. The van der Waals surface area contributed by atoms with Crippen molar-refractivity contribution < 1.29 is 4.74 Å². The molecule has 0 unspecified atom stereocenters.